The third-order valence-electron chi connectivity index (χ3n) is 2.59. The lowest BCUT2D eigenvalue weighted by molar-refractivity contribution is -0.135. The van der Waals surface area contributed by atoms with E-state index in [1.54, 1.807) is 0 Å². The maximum absolute atomic E-state index is 11.1. The number of carboxylic acids is 1. The van der Waals surface area contributed by atoms with Crippen LogP contribution in [0.3, 0.4) is 0 Å². The average Bonchev–Trinajstić information content (AvgIpc) is 2.35. The number of carbonyl (C=O) groups excluding carboxylic acids is 1. The maximum atomic E-state index is 11.1. The van der Waals surface area contributed by atoms with Gasteiger partial charge in [0.15, 0.2) is 0 Å². The molecule has 0 atom stereocenters. The fourth-order valence-corrected chi connectivity index (χ4v) is 1.28. The van der Waals surface area contributed by atoms with Crippen LogP contribution in [0.4, 0.5) is 0 Å². The monoisotopic (exact) mass is 251 g/mol. The van der Waals surface area contributed by atoms with Gasteiger partial charge in [0, 0.05) is 12.4 Å². The van der Waals surface area contributed by atoms with Crippen molar-refractivity contribution in [1.29, 1.82) is 0 Å². The lowest BCUT2D eigenvalue weighted by Crippen LogP contribution is -2.29. The van der Waals surface area contributed by atoms with E-state index in [-0.39, 0.29) is 5.69 Å². The van der Waals surface area contributed by atoms with Crippen molar-refractivity contribution in [2.24, 2.45) is 5.92 Å². The molecular weight excluding hydrogens is 234 g/mol. The average molecular weight is 251 g/mol. The Morgan fingerprint density at radius 1 is 1.44 bits per heavy atom. The molecular formula is C12H17N3O3. The second kappa shape index (κ2) is 7.37. The number of nitrogens with zero attached hydrogens (tertiary/aromatic N) is 2. The van der Waals surface area contributed by atoms with Crippen LogP contribution in [0.15, 0.2) is 18.6 Å². The molecule has 6 nitrogen and oxygen atoms in total. The summed E-state index contributed by atoms with van der Waals surface area (Å²) in [6, 6.07) is 0. The summed E-state index contributed by atoms with van der Waals surface area (Å²) in [7, 11) is 0. The molecule has 1 saturated carbocycles. The smallest absolute Gasteiger partial charge is 0.322 e. The van der Waals surface area contributed by atoms with Gasteiger partial charge in [-0.1, -0.05) is 26.2 Å². The number of amides is 1. The Morgan fingerprint density at radius 3 is 2.50 bits per heavy atom. The molecule has 6 heteroatoms. The lowest BCUT2D eigenvalue weighted by Gasteiger charge is -2.18. The van der Waals surface area contributed by atoms with Gasteiger partial charge >= 0.3 is 5.97 Å². The minimum atomic E-state index is -1.10. The van der Waals surface area contributed by atoms with Crippen molar-refractivity contribution in [3.8, 4) is 0 Å². The van der Waals surface area contributed by atoms with Crippen LogP contribution in [0.5, 0.6) is 0 Å². The standard InChI is InChI=1S/C7H7N3O3.C5H10/c11-6(12)4-10-7(13)5-3-8-1-2-9-5;1-5-3-2-4-5/h1-3H,4H2,(H,10,13)(H,11,12);5H,2-4H2,1H3. The van der Waals surface area contributed by atoms with Crippen LogP contribution < -0.4 is 5.32 Å². The number of hydrogen-bond donors (Lipinski definition) is 2. The summed E-state index contributed by atoms with van der Waals surface area (Å²) in [6.45, 7) is 1.89. The van der Waals surface area contributed by atoms with Gasteiger partial charge in [-0.25, -0.2) is 4.98 Å². The number of carbonyl (C=O) groups is 2. The van der Waals surface area contributed by atoms with E-state index >= 15 is 0 Å². The second-order valence-electron chi connectivity index (χ2n) is 4.20. The topological polar surface area (TPSA) is 92.2 Å². The van der Waals surface area contributed by atoms with Crippen LogP contribution in [0.2, 0.25) is 0 Å². The lowest BCUT2D eigenvalue weighted by atomic mass is 9.88. The van der Waals surface area contributed by atoms with E-state index in [9.17, 15) is 9.59 Å². The van der Waals surface area contributed by atoms with E-state index in [1.807, 2.05) is 0 Å². The van der Waals surface area contributed by atoms with Crippen molar-refractivity contribution in [2.75, 3.05) is 6.54 Å². The highest BCUT2D eigenvalue weighted by molar-refractivity contribution is 5.93. The van der Waals surface area contributed by atoms with Gasteiger partial charge in [0.05, 0.1) is 6.20 Å². The minimum absolute atomic E-state index is 0.101. The first-order valence-corrected chi connectivity index (χ1v) is 5.85. The van der Waals surface area contributed by atoms with Gasteiger partial charge in [0.1, 0.15) is 12.2 Å². The summed E-state index contributed by atoms with van der Waals surface area (Å²) in [5.74, 6) is -0.581. The Balaban J connectivity index is 0.000000269. The highest BCUT2D eigenvalue weighted by Gasteiger charge is 2.09. The number of hydrogen-bond acceptors (Lipinski definition) is 4. The summed E-state index contributed by atoms with van der Waals surface area (Å²) in [5.41, 5.74) is 0.101. The normalized spacial score (nSPS) is 13.8. The molecule has 2 N–H and O–H groups in total. The molecule has 1 aliphatic rings. The molecule has 0 aromatic carbocycles. The molecule has 1 aromatic heterocycles. The molecule has 0 aliphatic heterocycles. The molecule has 1 heterocycles. The van der Waals surface area contributed by atoms with E-state index in [2.05, 4.69) is 22.2 Å². The first kappa shape index (κ1) is 14.1. The molecule has 1 amide bonds. The van der Waals surface area contributed by atoms with Crippen LogP contribution in [0.25, 0.3) is 0 Å². The van der Waals surface area contributed by atoms with Crippen LogP contribution in [0, 0.1) is 5.92 Å². The Bertz CT molecular complexity index is 391. The largest absolute Gasteiger partial charge is 0.480 e. The molecule has 1 aliphatic carbocycles. The van der Waals surface area contributed by atoms with Crippen LogP contribution >= 0.6 is 0 Å². The maximum Gasteiger partial charge on any atom is 0.322 e. The molecule has 0 saturated heterocycles. The summed E-state index contributed by atoms with van der Waals surface area (Å²) < 4.78 is 0. The number of aromatic nitrogens is 2. The summed E-state index contributed by atoms with van der Waals surface area (Å²) in [5, 5.41) is 10.4. The fraction of sp³-hybridized carbons (Fsp3) is 0.500. The zero-order chi connectivity index (χ0) is 13.4. The highest BCUT2D eigenvalue weighted by Crippen LogP contribution is 2.24. The van der Waals surface area contributed by atoms with E-state index < -0.39 is 18.4 Å². The molecule has 2 rings (SSSR count). The number of carboxylic acid groups (broad SMARTS) is 1. The third kappa shape index (κ3) is 5.38. The molecule has 0 spiro atoms. The van der Waals surface area contributed by atoms with Crippen LogP contribution in [-0.2, 0) is 4.79 Å². The van der Waals surface area contributed by atoms with E-state index in [0.29, 0.717) is 0 Å². The molecule has 98 valence electrons. The minimum Gasteiger partial charge on any atom is -0.480 e. The van der Waals surface area contributed by atoms with Crippen molar-refractivity contribution in [3.63, 3.8) is 0 Å². The fourth-order valence-electron chi connectivity index (χ4n) is 1.28. The Labute approximate surface area is 105 Å². The van der Waals surface area contributed by atoms with Crippen molar-refractivity contribution in [2.45, 2.75) is 26.2 Å². The SMILES string of the molecule is CC1CCC1.O=C(O)CNC(=O)c1cnccn1. The predicted octanol–water partition coefficient (Wildman–Crippen LogP) is 1.10. The van der Waals surface area contributed by atoms with Gasteiger partial charge in [-0.3, -0.25) is 14.6 Å². The summed E-state index contributed by atoms with van der Waals surface area (Å²) in [6.07, 6.45) is 8.50. The molecule has 1 fully saturated rings. The van der Waals surface area contributed by atoms with Crippen LogP contribution in [-0.4, -0.2) is 33.5 Å². The highest BCUT2D eigenvalue weighted by atomic mass is 16.4. The summed E-state index contributed by atoms with van der Waals surface area (Å²) in [4.78, 5) is 28.5. The molecule has 18 heavy (non-hydrogen) atoms. The quantitative estimate of drug-likeness (QED) is 0.839. The second-order valence-corrected chi connectivity index (χ2v) is 4.20. The summed E-state index contributed by atoms with van der Waals surface area (Å²) >= 11 is 0. The Kier molecular flexibility index (Phi) is 5.76. The molecule has 1 aromatic rings. The van der Waals surface area contributed by atoms with Crippen molar-refractivity contribution in [1.82, 2.24) is 15.3 Å². The first-order chi connectivity index (χ1) is 8.59. The van der Waals surface area contributed by atoms with Crippen molar-refractivity contribution < 1.29 is 14.7 Å². The van der Waals surface area contributed by atoms with E-state index in [1.165, 1.54) is 37.9 Å². The Morgan fingerprint density at radius 2 is 2.11 bits per heavy atom. The number of rotatable bonds is 3. The van der Waals surface area contributed by atoms with Gasteiger partial charge in [-0.2, -0.15) is 0 Å². The molecule has 0 bridgehead atoms. The van der Waals surface area contributed by atoms with E-state index in [4.69, 9.17) is 5.11 Å². The van der Waals surface area contributed by atoms with Crippen molar-refractivity contribution in [3.05, 3.63) is 24.3 Å². The predicted molar refractivity (Wildman–Crippen MR) is 65.0 cm³/mol. The molecule has 0 radical (unpaired) electrons. The molecule has 0 unspecified atom stereocenters. The van der Waals surface area contributed by atoms with E-state index in [0.717, 1.165) is 5.92 Å². The van der Waals surface area contributed by atoms with Gasteiger partial charge in [-0.05, 0) is 5.92 Å². The number of nitrogens with one attached hydrogen (secondary N) is 1. The van der Waals surface area contributed by atoms with Crippen molar-refractivity contribution >= 4 is 11.9 Å². The van der Waals surface area contributed by atoms with Gasteiger partial charge in [0.2, 0.25) is 0 Å². The third-order valence-corrected chi connectivity index (χ3v) is 2.59. The zero-order valence-corrected chi connectivity index (χ0v) is 10.3. The first-order valence-electron chi connectivity index (χ1n) is 5.85. The van der Waals surface area contributed by atoms with Crippen LogP contribution in [0.1, 0.15) is 36.7 Å². The van der Waals surface area contributed by atoms with Gasteiger partial charge in [0.25, 0.3) is 5.91 Å². The van der Waals surface area contributed by atoms with Gasteiger partial charge < -0.3 is 10.4 Å². The number of aliphatic carboxylic acids is 1. The Hall–Kier alpha value is -1.98. The van der Waals surface area contributed by atoms with Gasteiger partial charge in [-0.15, -0.1) is 0 Å². The zero-order valence-electron chi connectivity index (χ0n) is 10.3.